The van der Waals surface area contributed by atoms with Gasteiger partial charge in [0.05, 0.1) is 5.56 Å². The largest absolute Gasteiger partial charge is 0.366 e. The van der Waals surface area contributed by atoms with Crippen LogP contribution in [0, 0.1) is 6.92 Å². The predicted octanol–water partition coefficient (Wildman–Crippen LogP) is 4.82. The first-order valence-electron chi connectivity index (χ1n) is 11.6. The van der Waals surface area contributed by atoms with Gasteiger partial charge in [0.2, 0.25) is 5.91 Å². The molecule has 3 rings (SSSR count). The van der Waals surface area contributed by atoms with Crippen LogP contribution in [0.25, 0.3) is 11.1 Å². The Kier molecular flexibility index (Phi) is 6.93. The Morgan fingerprint density at radius 1 is 1.13 bits per heavy atom. The third-order valence-corrected chi connectivity index (χ3v) is 6.39. The van der Waals surface area contributed by atoms with Crippen LogP contribution in [-0.2, 0) is 23.2 Å². The summed E-state index contributed by atoms with van der Waals surface area (Å²) in [5, 5.41) is 0. The summed E-state index contributed by atoms with van der Waals surface area (Å²) in [6.07, 6.45) is 4.37. The van der Waals surface area contributed by atoms with Crippen LogP contribution in [0.5, 0.6) is 0 Å². The van der Waals surface area contributed by atoms with E-state index >= 15 is 0 Å². The van der Waals surface area contributed by atoms with E-state index in [0.29, 0.717) is 12.0 Å². The standard InChI is InChI=1S/C26H37N3O2/c1-6-9-21-24(19-11-13-20(14-12-19)26(3,4)5)23(25(27)31)18(2)29(21)17-8-16-28-15-7-10-22(28)30/h11-14H,6-10,15-17H2,1-5H3,(H2,27,31). The molecule has 168 valence electrons. The molecule has 1 saturated heterocycles. The van der Waals surface area contributed by atoms with Crippen LogP contribution in [-0.4, -0.2) is 34.4 Å². The van der Waals surface area contributed by atoms with Gasteiger partial charge in [-0.1, -0.05) is 58.4 Å². The van der Waals surface area contributed by atoms with Gasteiger partial charge in [-0.3, -0.25) is 9.59 Å². The molecule has 0 saturated carbocycles. The van der Waals surface area contributed by atoms with Crippen LogP contribution >= 0.6 is 0 Å². The van der Waals surface area contributed by atoms with E-state index in [1.54, 1.807) is 0 Å². The highest BCUT2D eigenvalue weighted by Gasteiger charge is 2.25. The Morgan fingerprint density at radius 3 is 2.32 bits per heavy atom. The molecule has 5 nitrogen and oxygen atoms in total. The summed E-state index contributed by atoms with van der Waals surface area (Å²) in [7, 11) is 0. The zero-order chi connectivity index (χ0) is 22.8. The second-order valence-corrected chi connectivity index (χ2v) is 9.71. The van der Waals surface area contributed by atoms with Crippen molar-refractivity contribution < 1.29 is 9.59 Å². The van der Waals surface area contributed by atoms with E-state index in [9.17, 15) is 9.59 Å². The molecule has 1 aliphatic rings. The number of rotatable bonds is 8. The van der Waals surface area contributed by atoms with Crippen LogP contribution in [0.4, 0.5) is 0 Å². The van der Waals surface area contributed by atoms with E-state index < -0.39 is 0 Å². The van der Waals surface area contributed by atoms with E-state index in [1.807, 2.05) is 11.8 Å². The summed E-state index contributed by atoms with van der Waals surface area (Å²) in [4.78, 5) is 26.4. The maximum atomic E-state index is 12.5. The molecule has 0 bridgehead atoms. The molecule has 0 radical (unpaired) electrons. The topological polar surface area (TPSA) is 68.3 Å². The fraction of sp³-hybridized carbons (Fsp3) is 0.538. The van der Waals surface area contributed by atoms with Gasteiger partial charge in [0.25, 0.3) is 5.91 Å². The van der Waals surface area contributed by atoms with Gasteiger partial charge in [-0.05, 0) is 42.7 Å². The quantitative estimate of drug-likeness (QED) is 0.661. The number of hydrogen-bond donors (Lipinski definition) is 1. The molecule has 2 N–H and O–H groups in total. The maximum absolute atomic E-state index is 12.5. The van der Waals surface area contributed by atoms with Gasteiger partial charge in [0.1, 0.15) is 0 Å². The molecule has 2 aromatic rings. The smallest absolute Gasteiger partial charge is 0.251 e. The minimum absolute atomic E-state index is 0.0755. The number of nitrogens with zero attached hydrogens (tertiary/aromatic N) is 2. The van der Waals surface area contributed by atoms with Crippen molar-refractivity contribution in [3.63, 3.8) is 0 Å². The summed E-state index contributed by atoms with van der Waals surface area (Å²) in [6, 6.07) is 8.55. The highest BCUT2D eigenvalue weighted by molar-refractivity contribution is 6.02. The molecule has 1 aromatic heterocycles. The van der Waals surface area contributed by atoms with Crippen molar-refractivity contribution in [2.75, 3.05) is 13.1 Å². The zero-order valence-corrected chi connectivity index (χ0v) is 19.8. The summed E-state index contributed by atoms with van der Waals surface area (Å²) < 4.78 is 2.26. The number of primary amides is 1. The predicted molar refractivity (Wildman–Crippen MR) is 126 cm³/mol. The SMILES string of the molecule is CCCc1c(-c2ccc(C(C)(C)C)cc2)c(C(N)=O)c(C)n1CCCN1CCCC1=O. The lowest BCUT2D eigenvalue weighted by molar-refractivity contribution is -0.127. The average molecular weight is 424 g/mol. The first-order valence-corrected chi connectivity index (χ1v) is 11.6. The van der Waals surface area contributed by atoms with E-state index in [2.05, 4.69) is 56.5 Å². The van der Waals surface area contributed by atoms with Crippen molar-refractivity contribution in [1.29, 1.82) is 0 Å². The minimum Gasteiger partial charge on any atom is -0.366 e. The van der Waals surface area contributed by atoms with Gasteiger partial charge in [0.15, 0.2) is 0 Å². The fourth-order valence-corrected chi connectivity index (χ4v) is 4.71. The molecular weight excluding hydrogens is 386 g/mol. The van der Waals surface area contributed by atoms with Crippen LogP contribution < -0.4 is 5.73 Å². The van der Waals surface area contributed by atoms with Gasteiger partial charge in [-0.15, -0.1) is 0 Å². The van der Waals surface area contributed by atoms with Gasteiger partial charge >= 0.3 is 0 Å². The Morgan fingerprint density at radius 2 is 1.81 bits per heavy atom. The number of carbonyl (C=O) groups is 2. The van der Waals surface area contributed by atoms with Gasteiger partial charge < -0.3 is 15.2 Å². The van der Waals surface area contributed by atoms with Gasteiger partial charge in [-0.2, -0.15) is 0 Å². The summed E-state index contributed by atoms with van der Waals surface area (Å²) in [5.41, 5.74) is 12.0. The van der Waals surface area contributed by atoms with Crippen molar-refractivity contribution in [2.24, 2.45) is 5.73 Å². The van der Waals surface area contributed by atoms with Crippen molar-refractivity contribution in [1.82, 2.24) is 9.47 Å². The molecular formula is C26H37N3O2. The Bertz CT molecular complexity index is 949. The fourth-order valence-electron chi connectivity index (χ4n) is 4.71. The molecule has 5 heteroatoms. The lowest BCUT2D eigenvalue weighted by atomic mass is 9.86. The van der Waals surface area contributed by atoms with Crippen LogP contribution in [0.3, 0.4) is 0 Å². The summed E-state index contributed by atoms with van der Waals surface area (Å²) in [6.45, 7) is 13.2. The summed E-state index contributed by atoms with van der Waals surface area (Å²) >= 11 is 0. The van der Waals surface area contributed by atoms with Crippen molar-refractivity contribution in [3.05, 3.63) is 46.8 Å². The number of amides is 2. The molecule has 0 aliphatic carbocycles. The number of benzene rings is 1. The molecule has 2 amide bonds. The van der Waals surface area contributed by atoms with E-state index in [1.165, 1.54) is 11.3 Å². The number of nitrogens with two attached hydrogens (primary N) is 1. The number of likely N-dealkylation sites (tertiary alicyclic amines) is 1. The Labute approximate surface area is 186 Å². The number of aromatic nitrogens is 1. The second-order valence-electron chi connectivity index (χ2n) is 9.71. The molecule has 0 unspecified atom stereocenters. The zero-order valence-electron chi connectivity index (χ0n) is 19.8. The van der Waals surface area contributed by atoms with Crippen LogP contribution in [0.1, 0.15) is 80.7 Å². The highest BCUT2D eigenvalue weighted by Crippen LogP contribution is 2.35. The normalized spacial score (nSPS) is 14.5. The molecule has 0 atom stereocenters. The second kappa shape index (κ2) is 9.29. The van der Waals surface area contributed by atoms with E-state index in [-0.39, 0.29) is 17.2 Å². The molecule has 2 heterocycles. The number of carbonyl (C=O) groups excluding carboxylic acids is 2. The Hall–Kier alpha value is -2.56. The minimum atomic E-state index is -0.377. The van der Waals surface area contributed by atoms with Crippen molar-refractivity contribution in [3.8, 4) is 11.1 Å². The summed E-state index contributed by atoms with van der Waals surface area (Å²) in [5.74, 6) is -0.117. The van der Waals surface area contributed by atoms with Gasteiger partial charge in [-0.25, -0.2) is 0 Å². The van der Waals surface area contributed by atoms with Crippen LogP contribution in [0.15, 0.2) is 24.3 Å². The third-order valence-electron chi connectivity index (χ3n) is 6.39. The average Bonchev–Trinajstić information content (AvgIpc) is 3.23. The highest BCUT2D eigenvalue weighted by atomic mass is 16.2. The molecule has 0 spiro atoms. The number of hydrogen-bond acceptors (Lipinski definition) is 2. The molecule has 1 aromatic carbocycles. The molecule has 1 aliphatic heterocycles. The maximum Gasteiger partial charge on any atom is 0.251 e. The van der Waals surface area contributed by atoms with Crippen LogP contribution in [0.2, 0.25) is 0 Å². The van der Waals surface area contributed by atoms with E-state index in [4.69, 9.17) is 5.73 Å². The van der Waals surface area contributed by atoms with Crippen molar-refractivity contribution >= 4 is 11.8 Å². The third kappa shape index (κ3) is 4.86. The molecule has 1 fully saturated rings. The van der Waals surface area contributed by atoms with Crippen molar-refractivity contribution in [2.45, 2.75) is 78.7 Å². The first-order chi connectivity index (χ1) is 14.6. The lowest BCUT2D eigenvalue weighted by Gasteiger charge is -2.19. The first kappa shape index (κ1) is 23.1. The lowest BCUT2D eigenvalue weighted by Crippen LogP contribution is -2.26. The monoisotopic (exact) mass is 423 g/mol. The van der Waals surface area contributed by atoms with E-state index in [0.717, 1.165) is 62.1 Å². The molecule has 31 heavy (non-hydrogen) atoms. The van der Waals surface area contributed by atoms with Gasteiger partial charge in [0, 0.05) is 43.0 Å². The Balaban J connectivity index is 1.98.